The fraction of sp³-hybridized carbons (Fsp3) is 0. The number of nitrogens with zero attached hydrogens (tertiary/aromatic N) is 1. The fourth-order valence-corrected chi connectivity index (χ4v) is 2.13. The number of nitro groups is 1. The number of benzene rings is 2. The van der Waals surface area contributed by atoms with Crippen molar-refractivity contribution in [3.8, 4) is 0 Å². The SMILES string of the molecule is O=C(Nc1cc(Cl)ccc1Br)c1ccccc1[N+](=O)[O-]. The van der Waals surface area contributed by atoms with E-state index in [1.54, 1.807) is 24.3 Å². The van der Waals surface area contributed by atoms with Gasteiger partial charge in [0.2, 0.25) is 0 Å². The van der Waals surface area contributed by atoms with Crippen molar-refractivity contribution >= 4 is 44.8 Å². The summed E-state index contributed by atoms with van der Waals surface area (Å²) in [6.07, 6.45) is 0. The van der Waals surface area contributed by atoms with Gasteiger partial charge in [-0.2, -0.15) is 0 Å². The Morgan fingerprint density at radius 2 is 1.95 bits per heavy atom. The summed E-state index contributed by atoms with van der Waals surface area (Å²) in [5.41, 5.74) is 0.188. The maximum Gasteiger partial charge on any atom is 0.282 e. The van der Waals surface area contributed by atoms with Crippen LogP contribution in [0, 0.1) is 10.1 Å². The standard InChI is InChI=1S/C13H8BrClN2O3/c14-10-6-5-8(15)7-11(10)16-13(18)9-3-1-2-4-12(9)17(19)20/h1-7H,(H,16,18). The number of para-hydroxylation sites is 1. The Labute approximate surface area is 127 Å². The molecule has 0 aliphatic rings. The molecule has 0 bridgehead atoms. The molecule has 0 radical (unpaired) electrons. The van der Waals surface area contributed by atoms with Crippen molar-refractivity contribution < 1.29 is 9.72 Å². The molecule has 0 fully saturated rings. The van der Waals surface area contributed by atoms with Crippen molar-refractivity contribution in [2.45, 2.75) is 0 Å². The van der Waals surface area contributed by atoms with Gasteiger partial charge in [-0.15, -0.1) is 0 Å². The van der Waals surface area contributed by atoms with Gasteiger partial charge >= 0.3 is 0 Å². The van der Waals surface area contributed by atoms with Gasteiger partial charge in [0, 0.05) is 15.6 Å². The third-order valence-corrected chi connectivity index (χ3v) is 3.45. The van der Waals surface area contributed by atoms with E-state index in [0.717, 1.165) is 0 Å². The highest BCUT2D eigenvalue weighted by Crippen LogP contribution is 2.27. The maximum absolute atomic E-state index is 12.1. The van der Waals surface area contributed by atoms with Crippen molar-refractivity contribution in [1.82, 2.24) is 0 Å². The molecule has 0 heterocycles. The molecule has 20 heavy (non-hydrogen) atoms. The Kier molecular flexibility index (Phi) is 4.36. The van der Waals surface area contributed by atoms with Gasteiger partial charge in [-0.05, 0) is 40.2 Å². The number of amides is 1. The van der Waals surface area contributed by atoms with Crippen LogP contribution in [0.4, 0.5) is 11.4 Å². The maximum atomic E-state index is 12.1. The molecule has 5 nitrogen and oxygen atoms in total. The Balaban J connectivity index is 2.33. The smallest absolute Gasteiger partial charge is 0.282 e. The Morgan fingerprint density at radius 1 is 1.25 bits per heavy atom. The van der Waals surface area contributed by atoms with E-state index in [4.69, 9.17) is 11.6 Å². The molecule has 1 N–H and O–H groups in total. The van der Waals surface area contributed by atoms with Crippen LogP contribution in [0.5, 0.6) is 0 Å². The molecule has 0 saturated carbocycles. The van der Waals surface area contributed by atoms with Gasteiger partial charge < -0.3 is 5.32 Å². The minimum atomic E-state index is -0.595. The van der Waals surface area contributed by atoms with Crippen molar-refractivity contribution in [2.75, 3.05) is 5.32 Å². The van der Waals surface area contributed by atoms with E-state index in [9.17, 15) is 14.9 Å². The van der Waals surface area contributed by atoms with Crippen LogP contribution in [-0.4, -0.2) is 10.8 Å². The molecule has 0 unspecified atom stereocenters. The Hall–Kier alpha value is -1.92. The van der Waals surface area contributed by atoms with Gasteiger partial charge in [0.05, 0.1) is 10.6 Å². The number of carbonyl (C=O) groups is 1. The summed E-state index contributed by atoms with van der Waals surface area (Å²) in [6.45, 7) is 0. The summed E-state index contributed by atoms with van der Waals surface area (Å²) in [7, 11) is 0. The number of rotatable bonds is 3. The molecule has 2 rings (SSSR count). The molecule has 0 aliphatic heterocycles. The summed E-state index contributed by atoms with van der Waals surface area (Å²) in [6, 6.07) is 10.6. The molecule has 0 atom stereocenters. The molecule has 0 aliphatic carbocycles. The van der Waals surface area contributed by atoms with E-state index in [-0.39, 0.29) is 11.3 Å². The van der Waals surface area contributed by atoms with Gasteiger partial charge in [0.15, 0.2) is 0 Å². The minimum Gasteiger partial charge on any atom is -0.321 e. The van der Waals surface area contributed by atoms with Crippen molar-refractivity contribution in [2.24, 2.45) is 0 Å². The highest BCUT2D eigenvalue weighted by atomic mass is 79.9. The normalized spacial score (nSPS) is 10.1. The summed E-state index contributed by atoms with van der Waals surface area (Å²) in [4.78, 5) is 22.4. The van der Waals surface area contributed by atoms with Crippen LogP contribution >= 0.6 is 27.5 Å². The molecule has 102 valence electrons. The lowest BCUT2D eigenvalue weighted by Gasteiger charge is -2.08. The predicted octanol–water partition coefficient (Wildman–Crippen LogP) is 4.26. The van der Waals surface area contributed by atoms with Crippen LogP contribution in [0.1, 0.15) is 10.4 Å². The first-order chi connectivity index (χ1) is 9.49. The highest BCUT2D eigenvalue weighted by Gasteiger charge is 2.19. The predicted molar refractivity (Wildman–Crippen MR) is 80.2 cm³/mol. The number of hydrogen-bond donors (Lipinski definition) is 1. The lowest BCUT2D eigenvalue weighted by atomic mass is 10.1. The number of halogens is 2. The topological polar surface area (TPSA) is 72.2 Å². The average Bonchev–Trinajstić information content (AvgIpc) is 2.42. The zero-order chi connectivity index (χ0) is 14.7. The lowest BCUT2D eigenvalue weighted by molar-refractivity contribution is -0.385. The number of anilines is 1. The molecular weight excluding hydrogens is 348 g/mol. The van der Waals surface area contributed by atoms with Gasteiger partial charge in [-0.1, -0.05) is 23.7 Å². The summed E-state index contributed by atoms with van der Waals surface area (Å²) >= 11 is 9.12. The molecule has 0 aromatic heterocycles. The van der Waals surface area contributed by atoms with Crippen molar-refractivity contribution in [1.29, 1.82) is 0 Å². The van der Waals surface area contributed by atoms with Crippen molar-refractivity contribution in [3.05, 3.63) is 67.6 Å². The van der Waals surface area contributed by atoms with Gasteiger partial charge in [0.25, 0.3) is 11.6 Å². The van der Waals surface area contributed by atoms with E-state index in [1.807, 2.05) is 0 Å². The summed E-state index contributed by atoms with van der Waals surface area (Å²) in [5, 5.41) is 13.9. The summed E-state index contributed by atoms with van der Waals surface area (Å²) < 4.78 is 0.633. The van der Waals surface area contributed by atoms with Gasteiger partial charge in [0.1, 0.15) is 5.56 Å². The van der Waals surface area contributed by atoms with Crippen molar-refractivity contribution in [3.63, 3.8) is 0 Å². The third kappa shape index (κ3) is 3.15. The Bertz CT molecular complexity index is 691. The van der Waals surface area contributed by atoms with E-state index in [1.165, 1.54) is 18.2 Å². The quantitative estimate of drug-likeness (QED) is 0.660. The molecule has 2 aromatic rings. The number of hydrogen-bond acceptors (Lipinski definition) is 3. The lowest BCUT2D eigenvalue weighted by Crippen LogP contribution is -2.14. The zero-order valence-electron chi connectivity index (χ0n) is 9.97. The number of nitrogens with one attached hydrogen (secondary N) is 1. The highest BCUT2D eigenvalue weighted by molar-refractivity contribution is 9.10. The minimum absolute atomic E-state index is 0.00984. The number of carbonyl (C=O) groups excluding carboxylic acids is 1. The van der Waals surface area contributed by atoms with Crippen LogP contribution in [-0.2, 0) is 0 Å². The van der Waals surface area contributed by atoms with E-state index < -0.39 is 10.8 Å². The largest absolute Gasteiger partial charge is 0.321 e. The number of nitro benzene ring substituents is 1. The third-order valence-electron chi connectivity index (χ3n) is 2.52. The van der Waals surface area contributed by atoms with Crippen LogP contribution in [0.2, 0.25) is 5.02 Å². The second kappa shape index (κ2) is 6.02. The first-order valence-corrected chi connectivity index (χ1v) is 6.66. The van der Waals surface area contributed by atoms with Gasteiger partial charge in [-0.3, -0.25) is 14.9 Å². The average molecular weight is 356 g/mol. The molecular formula is C13H8BrClN2O3. The van der Waals surface area contributed by atoms with Crippen LogP contribution in [0.3, 0.4) is 0 Å². The van der Waals surface area contributed by atoms with Crippen LogP contribution < -0.4 is 5.32 Å². The summed E-state index contributed by atoms with van der Waals surface area (Å²) in [5.74, 6) is -0.569. The molecule has 0 saturated heterocycles. The van der Waals surface area contributed by atoms with Gasteiger partial charge in [-0.25, -0.2) is 0 Å². The molecule has 0 spiro atoms. The second-order valence-corrected chi connectivity index (χ2v) is 5.14. The van der Waals surface area contributed by atoms with E-state index >= 15 is 0 Å². The molecule has 2 aromatic carbocycles. The second-order valence-electron chi connectivity index (χ2n) is 3.85. The molecule has 1 amide bonds. The Morgan fingerprint density at radius 3 is 2.65 bits per heavy atom. The fourth-order valence-electron chi connectivity index (χ4n) is 1.61. The first kappa shape index (κ1) is 14.5. The van der Waals surface area contributed by atoms with Crippen LogP contribution in [0.25, 0.3) is 0 Å². The van der Waals surface area contributed by atoms with E-state index in [0.29, 0.717) is 15.2 Å². The zero-order valence-corrected chi connectivity index (χ0v) is 12.3. The first-order valence-electron chi connectivity index (χ1n) is 5.49. The van der Waals surface area contributed by atoms with Crippen LogP contribution in [0.15, 0.2) is 46.9 Å². The molecule has 7 heteroatoms. The monoisotopic (exact) mass is 354 g/mol. The van der Waals surface area contributed by atoms with E-state index in [2.05, 4.69) is 21.2 Å².